The van der Waals surface area contributed by atoms with Crippen molar-refractivity contribution >= 4 is 5.91 Å². The minimum Gasteiger partial charge on any atom is -0.493 e. The number of hydrogen-bond acceptors (Lipinski definition) is 2. The lowest BCUT2D eigenvalue weighted by Crippen LogP contribution is -2.34. The van der Waals surface area contributed by atoms with Crippen molar-refractivity contribution in [1.82, 2.24) is 5.32 Å². The first kappa shape index (κ1) is 12.5. The number of nitrogens with one attached hydrogen (secondary N) is 1. The quantitative estimate of drug-likeness (QED) is 0.882. The van der Waals surface area contributed by atoms with Gasteiger partial charge in [0.15, 0.2) is 0 Å². The minimum absolute atomic E-state index is 0.201. The van der Waals surface area contributed by atoms with Gasteiger partial charge in [0.1, 0.15) is 5.75 Å². The van der Waals surface area contributed by atoms with Gasteiger partial charge in [-0.25, -0.2) is 0 Å². The van der Waals surface area contributed by atoms with Crippen LogP contribution in [0.5, 0.6) is 5.75 Å². The molecule has 0 aromatic heterocycles. The Morgan fingerprint density at radius 1 is 1.47 bits per heavy atom. The Kier molecular flexibility index (Phi) is 3.45. The highest BCUT2D eigenvalue weighted by Gasteiger charge is 2.24. The smallest absolute Gasteiger partial charge is 0.220 e. The Morgan fingerprint density at radius 3 is 3.11 bits per heavy atom. The molecule has 1 saturated carbocycles. The van der Waals surface area contributed by atoms with Gasteiger partial charge in [0.2, 0.25) is 5.91 Å². The third kappa shape index (κ3) is 3.28. The maximum atomic E-state index is 11.8. The largest absolute Gasteiger partial charge is 0.493 e. The van der Waals surface area contributed by atoms with E-state index >= 15 is 0 Å². The number of rotatable bonds is 5. The van der Waals surface area contributed by atoms with Gasteiger partial charge in [0.25, 0.3) is 0 Å². The van der Waals surface area contributed by atoms with Crippen molar-refractivity contribution in [2.75, 3.05) is 6.61 Å². The van der Waals surface area contributed by atoms with Crippen LogP contribution in [0.4, 0.5) is 0 Å². The number of ether oxygens (including phenoxy) is 1. The zero-order valence-electron chi connectivity index (χ0n) is 11.4. The third-order valence-corrected chi connectivity index (χ3v) is 3.87. The summed E-state index contributed by atoms with van der Waals surface area (Å²) in [4.78, 5) is 11.8. The van der Waals surface area contributed by atoms with Crippen molar-refractivity contribution in [1.29, 1.82) is 0 Å². The van der Waals surface area contributed by atoms with E-state index in [2.05, 4.69) is 30.4 Å². The molecule has 1 aliphatic heterocycles. The average molecular weight is 259 g/mol. The van der Waals surface area contributed by atoms with Gasteiger partial charge < -0.3 is 10.1 Å². The second kappa shape index (κ2) is 5.24. The minimum atomic E-state index is 0.201. The molecule has 102 valence electrons. The topological polar surface area (TPSA) is 38.3 Å². The summed E-state index contributed by atoms with van der Waals surface area (Å²) in [6, 6.07) is 6.57. The second-order valence-corrected chi connectivity index (χ2v) is 5.86. The lowest BCUT2D eigenvalue weighted by Gasteiger charge is -2.14. The van der Waals surface area contributed by atoms with Crippen LogP contribution in [0.15, 0.2) is 18.2 Å². The van der Waals surface area contributed by atoms with Crippen molar-refractivity contribution in [2.45, 2.75) is 45.1 Å². The molecule has 0 radical (unpaired) electrons. The Balaban J connectivity index is 1.53. The van der Waals surface area contributed by atoms with Crippen molar-refractivity contribution in [3.05, 3.63) is 29.3 Å². The van der Waals surface area contributed by atoms with Crippen LogP contribution in [0, 0.1) is 5.92 Å². The van der Waals surface area contributed by atoms with Crippen LogP contribution in [0.2, 0.25) is 0 Å². The molecule has 1 amide bonds. The maximum Gasteiger partial charge on any atom is 0.220 e. The Morgan fingerprint density at radius 2 is 2.32 bits per heavy atom. The van der Waals surface area contributed by atoms with E-state index in [9.17, 15) is 4.79 Å². The maximum absolute atomic E-state index is 11.8. The summed E-state index contributed by atoms with van der Waals surface area (Å²) in [5.41, 5.74) is 2.58. The van der Waals surface area contributed by atoms with Gasteiger partial charge in [-0.1, -0.05) is 12.1 Å². The lowest BCUT2D eigenvalue weighted by atomic mass is 10.0. The highest BCUT2D eigenvalue weighted by atomic mass is 16.5. The number of fused-ring (bicyclic) bond motifs is 1. The molecule has 2 aliphatic rings. The first-order chi connectivity index (χ1) is 9.20. The molecule has 0 saturated heterocycles. The van der Waals surface area contributed by atoms with Gasteiger partial charge in [-0.15, -0.1) is 0 Å². The van der Waals surface area contributed by atoms with E-state index in [4.69, 9.17) is 4.74 Å². The summed E-state index contributed by atoms with van der Waals surface area (Å²) in [6.45, 7) is 2.88. The molecule has 1 atom stereocenters. The Bertz CT molecular complexity index is 480. The molecular weight excluding hydrogens is 238 g/mol. The van der Waals surface area contributed by atoms with E-state index in [1.54, 1.807) is 0 Å². The number of benzene rings is 1. The summed E-state index contributed by atoms with van der Waals surface area (Å²) in [5, 5.41) is 3.10. The molecule has 0 bridgehead atoms. The summed E-state index contributed by atoms with van der Waals surface area (Å²) in [5.74, 6) is 1.89. The first-order valence-electron chi connectivity index (χ1n) is 7.24. The fraction of sp³-hybridized carbons (Fsp3) is 0.562. The number of carbonyl (C=O) groups is 1. The second-order valence-electron chi connectivity index (χ2n) is 5.86. The molecule has 3 nitrogen and oxygen atoms in total. The molecule has 3 heteroatoms. The molecule has 3 rings (SSSR count). The highest BCUT2D eigenvalue weighted by Crippen LogP contribution is 2.32. The summed E-state index contributed by atoms with van der Waals surface area (Å²) >= 11 is 0. The molecule has 0 spiro atoms. The van der Waals surface area contributed by atoms with E-state index < -0.39 is 0 Å². The zero-order valence-corrected chi connectivity index (χ0v) is 11.4. The molecule has 1 fully saturated rings. The summed E-state index contributed by atoms with van der Waals surface area (Å²) in [6.07, 6.45) is 5.07. The molecule has 1 N–H and O–H groups in total. The Labute approximate surface area is 114 Å². The molecule has 1 aliphatic carbocycles. The van der Waals surface area contributed by atoms with Crippen LogP contribution in [0.25, 0.3) is 0 Å². The predicted molar refractivity (Wildman–Crippen MR) is 74.3 cm³/mol. The van der Waals surface area contributed by atoms with Crippen molar-refractivity contribution in [2.24, 2.45) is 5.92 Å². The van der Waals surface area contributed by atoms with Gasteiger partial charge in [-0.05, 0) is 49.3 Å². The van der Waals surface area contributed by atoms with Crippen LogP contribution in [0.3, 0.4) is 0 Å². The van der Waals surface area contributed by atoms with E-state index in [0.29, 0.717) is 12.3 Å². The van der Waals surface area contributed by atoms with Gasteiger partial charge >= 0.3 is 0 Å². The first-order valence-corrected chi connectivity index (χ1v) is 7.24. The van der Waals surface area contributed by atoms with Crippen LogP contribution >= 0.6 is 0 Å². The van der Waals surface area contributed by atoms with Crippen LogP contribution < -0.4 is 10.1 Å². The van der Waals surface area contributed by atoms with Crippen LogP contribution in [0.1, 0.15) is 37.3 Å². The number of carbonyl (C=O) groups excluding carboxylic acids is 1. The van der Waals surface area contributed by atoms with Crippen molar-refractivity contribution in [3.8, 4) is 5.75 Å². The number of hydrogen-bond donors (Lipinski definition) is 1. The monoisotopic (exact) mass is 259 g/mol. The summed E-state index contributed by atoms with van der Waals surface area (Å²) < 4.78 is 5.50. The van der Waals surface area contributed by atoms with Gasteiger partial charge in [-0.2, -0.15) is 0 Å². The van der Waals surface area contributed by atoms with Gasteiger partial charge in [0.05, 0.1) is 6.61 Å². The molecule has 1 heterocycles. The Hall–Kier alpha value is -1.51. The van der Waals surface area contributed by atoms with Crippen LogP contribution in [-0.2, 0) is 17.6 Å². The van der Waals surface area contributed by atoms with Crippen LogP contribution in [-0.4, -0.2) is 18.6 Å². The molecule has 1 aromatic carbocycles. The van der Waals surface area contributed by atoms with E-state index in [0.717, 1.165) is 25.2 Å². The summed E-state index contributed by atoms with van der Waals surface area (Å²) in [7, 11) is 0. The van der Waals surface area contributed by atoms with E-state index in [1.165, 1.54) is 24.0 Å². The van der Waals surface area contributed by atoms with E-state index in [-0.39, 0.29) is 11.9 Å². The molecule has 19 heavy (non-hydrogen) atoms. The van der Waals surface area contributed by atoms with Gasteiger partial charge in [-0.3, -0.25) is 4.79 Å². The standard InChI is InChI=1S/C16H21NO2/c1-11(17-16(18)10-12-2-3-12)8-13-4-5-15-14(9-13)6-7-19-15/h4-5,9,11-12H,2-3,6-8,10H2,1H3,(H,17,18)/t11-/m1/s1. The predicted octanol–water partition coefficient (Wildman–Crippen LogP) is 2.47. The average Bonchev–Trinajstić information content (AvgIpc) is 3.04. The highest BCUT2D eigenvalue weighted by molar-refractivity contribution is 5.76. The fourth-order valence-electron chi connectivity index (χ4n) is 2.69. The van der Waals surface area contributed by atoms with Crippen molar-refractivity contribution < 1.29 is 9.53 Å². The van der Waals surface area contributed by atoms with Crippen molar-refractivity contribution in [3.63, 3.8) is 0 Å². The lowest BCUT2D eigenvalue weighted by molar-refractivity contribution is -0.122. The van der Waals surface area contributed by atoms with Gasteiger partial charge in [0, 0.05) is 18.9 Å². The molecule has 0 unspecified atom stereocenters. The zero-order chi connectivity index (χ0) is 13.2. The molecular formula is C16H21NO2. The molecule has 1 aromatic rings. The third-order valence-electron chi connectivity index (χ3n) is 3.87. The fourth-order valence-corrected chi connectivity index (χ4v) is 2.69. The SMILES string of the molecule is C[C@H](Cc1ccc2c(c1)CCO2)NC(=O)CC1CC1. The normalized spacial score (nSPS) is 18.6. The van der Waals surface area contributed by atoms with E-state index in [1.807, 2.05) is 0 Å². The number of amides is 1.